The second-order valence-electron chi connectivity index (χ2n) is 0.105. The molecule has 0 unspecified atom stereocenters. The second-order valence-corrected chi connectivity index (χ2v) is 0.105. The van der Waals surface area contributed by atoms with E-state index in [2.05, 4.69) is 0 Å². The maximum Gasteiger partial charge on any atom is 2.00 e. The van der Waals surface area contributed by atoms with Gasteiger partial charge in [-0.2, -0.15) is 0 Å². The van der Waals surface area contributed by atoms with Gasteiger partial charge in [0.15, 0.2) is 0 Å². The van der Waals surface area contributed by atoms with Crippen LogP contribution < -0.4 is 0 Å². The predicted octanol–water partition coefficient (Wildman–Crippen LogP) is -1.28. The SMILES string of the molecule is O.O=CO.[Ca+2].[H-].[H-]. The van der Waals surface area contributed by atoms with Crippen molar-refractivity contribution in [3.63, 3.8) is 0 Å². The monoisotopic (exact) mass is 106 g/mol. The van der Waals surface area contributed by atoms with Gasteiger partial charge in [0.25, 0.3) is 6.47 Å². The maximum absolute atomic E-state index is 8.36. The van der Waals surface area contributed by atoms with Crippen molar-refractivity contribution in [2.24, 2.45) is 0 Å². The molecule has 0 fully saturated rings. The summed E-state index contributed by atoms with van der Waals surface area (Å²) in [4.78, 5) is 8.36. The third kappa shape index (κ3) is 71.3. The first-order chi connectivity index (χ1) is 1.41. The minimum atomic E-state index is -0.250. The fourth-order valence-corrected chi connectivity index (χ4v) is 0. The molecule has 4 heteroatoms. The molecule has 0 aliphatic carbocycles. The maximum atomic E-state index is 8.36. The molecule has 0 bridgehead atoms. The van der Waals surface area contributed by atoms with Crippen LogP contribution in [0.3, 0.4) is 0 Å². The van der Waals surface area contributed by atoms with Gasteiger partial charge in [0.2, 0.25) is 0 Å². The molecule has 0 aromatic rings. The molecular formula is CH6CaO3. The summed E-state index contributed by atoms with van der Waals surface area (Å²) in [7, 11) is 0. The van der Waals surface area contributed by atoms with Crippen molar-refractivity contribution in [1.82, 2.24) is 0 Å². The van der Waals surface area contributed by atoms with Crippen molar-refractivity contribution in [2.45, 2.75) is 0 Å². The summed E-state index contributed by atoms with van der Waals surface area (Å²) < 4.78 is 0. The van der Waals surface area contributed by atoms with Crippen LogP contribution in [0.4, 0.5) is 0 Å². The average molecular weight is 106 g/mol. The van der Waals surface area contributed by atoms with E-state index in [4.69, 9.17) is 9.90 Å². The van der Waals surface area contributed by atoms with Crippen molar-refractivity contribution in [3.05, 3.63) is 0 Å². The van der Waals surface area contributed by atoms with Gasteiger partial charge in [0, 0.05) is 0 Å². The molecule has 0 aromatic carbocycles. The van der Waals surface area contributed by atoms with Crippen LogP contribution in [0.25, 0.3) is 0 Å². The normalized spacial score (nSPS) is 2.40. The van der Waals surface area contributed by atoms with Crippen LogP contribution in [0.1, 0.15) is 2.85 Å². The summed E-state index contributed by atoms with van der Waals surface area (Å²) in [6.07, 6.45) is 0. The Labute approximate surface area is 62.3 Å². The number of carbonyl (C=O) groups is 1. The van der Waals surface area contributed by atoms with Gasteiger partial charge in [-0.05, 0) is 0 Å². The third-order valence-corrected chi connectivity index (χ3v) is 0. The molecule has 0 aliphatic heterocycles. The zero-order valence-corrected chi connectivity index (χ0v) is 4.85. The van der Waals surface area contributed by atoms with Gasteiger partial charge < -0.3 is 13.4 Å². The molecule has 0 radical (unpaired) electrons. The molecule has 0 aromatic heterocycles. The van der Waals surface area contributed by atoms with Crippen molar-refractivity contribution >= 4 is 44.2 Å². The summed E-state index contributed by atoms with van der Waals surface area (Å²) in [6, 6.07) is 0. The van der Waals surface area contributed by atoms with Gasteiger partial charge in [-0.25, -0.2) is 0 Å². The van der Waals surface area contributed by atoms with E-state index in [1.807, 2.05) is 0 Å². The van der Waals surface area contributed by atoms with Crippen molar-refractivity contribution in [1.29, 1.82) is 0 Å². The second kappa shape index (κ2) is 22.4. The van der Waals surface area contributed by atoms with E-state index in [1.54, 1.807) is 0 Å². The van der Waals surface area contributed by atoms with Crippen LogP contribution in [-0.4, -0.2) is 54.8 Å². The van der Waals surface area contributed by atoms with E-state index in [0.717, 1.165) is 0 Å². The minimum absolute atomic E-state index is 0. The summed E-state index contributed by atoms with van der Waals surface area (Å²) in [5.41, 5.74) is 0. The van der Waals surface area contributed by atoms with Crippen molar-refractivity contribution in [3.8, 4) is 0 Å². The van der Waals surface area contributed by atoms with Gasteiger partial charge in [0.1, 0.15) is 0 Å². The first-order valence-electron chi connectivity index (χ1n) is 0.494. The summed E-state index contributed by atoms with van der Waals surface area (Å²) in [5, 5.41) is 6.89. The molecule has 0 heterocycles. The van der Waals surface area contributed by atoms with Gasteiger partial charge >= 0.3 is 37.7 Å². The zero-order valence-electron chi connectivity index (χ0n) is 4.64. The first-order valence-corrected chi connectivity index (χ1v) is 0.494. The number of rotatable bonds is 0. The van der Waals surface area contributed by atoms with Gasteiger partial charge in [-0.3, -0.25) is 4.79 Å². The standard InChI is InChI=1S/CH2O2.Ca.H2O.2H/c2-1-3;;;;/h1H,(H,2,3);;1H2;;/q;+2;;2*-1. The van der Waals surface area contributed by atoms with Gasteiger partial charge in [-0.15, -0.1) is 0 Å². The molecule has 0 aliphatic rings. The fourth-order valence-electron chi connectivity index (χ4n) is 0. The quantitative estimate of drug-likeness (QED) is 0.308. The average Bonchev–Trinajstić information content (AvgIpc) is 0.918. The Kier molecular flexibility index (Phi) is 77.4. The Bertz CT molecular complexity index is 20.4. The summed E-state index contributed by atoms with van der Waals surface area (Å²) in [6.45, 7) is -0.250. The minimum Gasteiger partial charge on any atom is -1.00 e. The van der Waals surface area contributed by atoms with E-state index in [9.17, 15) is 0 Å². The van der Waals surface area contributed by atoms with E-state index in [1.165, 1.54) is 0 Å². The Balaban J connectivity index is -0.00000000333. The van der Waals surface area contributed by atoms with Gasteiger partial charge in [0.05, 0.1) is 0 Å². The number of hydrogen-bond acceptors (Lipinski definition) is 1. The van der Waals surface area contributed by atoms with Crippen molar-refractivity contribution < 1.29 is 18.2 Å². The van der Waals surface area contributed by atoms with Crippen LogP contribution in [0.15, 0.2) is 0 Å². The smallest absolute Gasteiger partial charge is 1.00 e. The Morgan fingerprint density at radius 1 is 1.80 bits per heavy atom. The topological polar surface area (TPSA) is 68.8 Å². The molecule has 0 rings (SSSR count). The van der Waals surface area contributed by atoms with E-state index >= 15 is 0 Å². The molecule has 0 atom stereocenters. The van der Waals surface area contributed by atoms with Crippen molar-refractivity contribution in [2.75, 3.05) is 0 Å². The van der Waals surface area contributed by atoms with E-state index in [-0.39, 0.29) is 52.5 Å². The van der Waals surface area contributed by atoms with E-state index < -0.39 is 0 Å². The Hall–Kier alpha value is 0.690. The van der Waals surface area contributed by atoms with Crippen LogP contribution >= 0.6 is 0 Å². The summed E-state index contributed by atoms with van der Waals surface area (Å²) >= 11 is 0. The molecule has 0 saturated heterocycles. The Morgan fingerprint density at radius 3 is 1.80 bits per heavy atom. The van der Waals surface area contributed by atoms with Crippen LogP contribution in [0.2, 0.25) is 0 Å². The molecule has 30 valence electrons. The molecule has 3 nitrogen and oxygen atoms in total. The largest absolute Gasteiger partial charge is 2.00 e. The summed E-state index contributed by atoms with van der Waals surface area (Å²) in [5.74, 6) is 0. The first kappa shape index (κ1) is 17.3. The fraction of sp³-hybridized carbons (Fsp3) is 0. The van der Waals surface area contributed by atoms with Crippen LogP contribution in [-0.2, 0) is 4.79 Å². The third-order valence-electron chi connectivity index (χ3n) is 0. The Morgan fingerprint density at radius 2 is 1.80 bits per heavy atom. The number of carboxylic acid groups (broad SMARTS) is 1. The molecule has 3 N–H and O–H groups in total. The molecule has 0 amide bonds. The predicted molar refractivity (Wildman–Crippen MR) is 20.3 cm³/mol. The van der Waals surface area contributed by atoms with Crippen LogP contribution in [0, 0.1) is 0 Å². The molecular weight excluding hydrogens is 100 g/mol. The zero-order chi connectivity index (χ0) is 2.71. The van der Waals surface area contributed by atoms with E-state index in [0.29, 0.717) is 0 Å². The van der Waals surface area contributed by atoms with Crippen LogP contribution in [0.5, 0.6) is 0 Å². The molecule has 0 saturated carbocycles. The van der Waals surface area contributed by atoms with Gasteiger partial charge in [-0.1, -0.05) is 0 Å². The molecule has 0 spiro atoms. The number of hydrogen-bond donors (Lipinski definition) is 1. The molecule has 5 heavy (non-hydrogen) atoms.